The van der Waals surface area contributed by atoms with Crippen molar-refractivity contribution in [3.63, 3.8) is 0 Å². The molecule has 0 radical (unpaired) electrons. The summed E-state index contributed by atoms with van der Waals surface area (Å²) in [6, 6.07) is 7.63. The van der Waals surface area contributed by atoms with Crippen LogP contribution in [-0.4, -0.2) is 28.2 Å². The monoisotopic (exact) mass is 480 g/mol. The van der Waals surface area contributed by atoms with Gasteiger partial charge < -0.3 is 9.42 Å². The zero-order valence-electron chi connectivity index (χ0n) is 19.8. The van der Waals surface area contributed by atoms with E-state index in [2.05, 4.69) is 26.1 Å². The molecule has 1 aliphatic heterocycles. The van der Waals surface area contributed by atoms with Gasteiger partial charge in [0, 0.05) is 41.5 Å². The van der Waals surface area contributed by atoms with Crippen molar-refractivity contribution in [2.45, 2.75) is 58.0 Å². The summed E-state index contributed by atoms with van der Waals surface area (Å²) in [4.78, 5) is 11.4. The molecule has 0 unspecified atom stereocenters. The van der Waals surface area contributed by atoms with Gasteiger partial charge in [-0.15, -0.1) is 0 Å². The van der Waals surface area contributed by atoms with E-state index in [1.54, 1.807) is 6.07 Å². The molecule has 0 N–H and O–H groups in total. The smallest absolute Gasteiger partial charge is 0.360 e. The molecule has 2 fully saturated rings. The summed E-state index contributed by atoms with van der Waals surface area (Å²) in [5, 5.41) is 4.19. The van der Waals surface area contributed by atoms with Crippen molar-refractivity contribution < 1.29 is 17.7 Å². The zero-order chi connectivity index (χ0) is 24.4. The first kappa shape index (κ1) is 22.3. The molecule has 1 saturated heterocycles. The van der Waals surface area contributed by atoms with Crippen molar-refractivity contribution in [1.29, 1.82) is 0 Å². The number of rotatable bonds is 4. The van der Waals surface area contributed by atoms with E-state index in [0.29, 0.717) is 5.69 Å². The van der Waals surface area contributed by atoms with E-state index in [1.807, 2.05) is 19.9 Å². The molecule has 2 aromatic heterocycles. The second-order valence-electron chi connectivity index (χ2n) is 10.2. The molecule has 0 bridgehead atoms. The lowest BCUT2D eigenvalue weighted by molar-refractivity contribution is -0.137. The molecule has 3 heterocycles. The predicted molar refractivity (Wildman–Crippen MR) is 127 cm³/mol. The lowest BCUT2D eigenvalue weighted by Crippen LogP contribution is -2.43. The van der Waals surface area contributed by atoms with Gasteiger partial charge in [0.05, 0.1) is 5.56 Å². The Hall–Kier alpha value is -3.16. The first-order chi connectivity index (χ1) is 16.7. The molecule has 6 rings (SSSR count). The van der Waals surface area contributed by atoms with Crippen LogP contribution < -0.4 is 4.90 Å². The van der Waals surface area contributed by atoms with Crippen molar-refractivity contribution in [2.24, 2.45) is 5.41 Å². The van der Waals surface area contributed by atoms with E-state index in [9.17, 15) is 13.2 Å². The Bertz CT molecular complexity index is 1290. The van der Waals surface area contributed by atoms with Crippen LogP contribution in [0.15, 0.2) is 40.9 Å². The second-order valence-corrected chi connectivity index (χ2v) is 10.2. The Balaban J connectivity index is 1.29. The standard InChI is InChI=1S/C27H27F3N4O/c1-16-13-17(2)32-25(31-16)34-11-9-26(10-12-34)14-19(15-26)22-23(33-35-24(22)18-7-8-18)20-5-3-4-6-21(20)27(28,29)30/h3-6,13-14,18H,7-12,15H2,1-2H3. The fourth-order valence-corrected chi connectivity index (χ4v) is 5.56. The van der Waals surface area contributed by atoms with Crippen LogP contribution in [0.2, 0.25) is 0 Å². The lowest BCUT2D eigenvalue weighted by atomic mass is 9.63. The molecule has 5 nitrogen and oxygen atoms in total. The Labute approximate surface area is 202 Å². The van der Waals surface area contributed by atoms with Crippen molar-refractivity contribution >= 4 is 11.5 Å². The molecule has 35 heavy (non-hydrogen) atoms. The van der Waals surface area contributed by atoms with Gasteiger partial charge in [0.15, 0.2) is 0 Å². The van der Waals surface area contributed by atoms with Gasteiger partial charge in [0.2, 0.25) is 5.95 Å². The highest BCUT2D eigenvalue weighted by atomic mass is 19.4. The van der Waals surface area contributed by atoms with Gasteiger partial charge >= 0.3 is 6.18 Å². The molecule has 2 aliphatic carbocycles. The molecule has 1 saturated carbocycles. The first-order valence-corrected chi connectivity index (χ1v) is 12.2. The summed E-state index contributed by atoms with van der Waals surface area (Å²) < 4.78 is 47.0. The Morgan fingerprint density at radius 2 is 1.69 bits per heavy atom. The maximum absolute atomic E-state index is 13.8. The van der Waals surface area contributed by atoms with Gasteiger partial charge in [-0.1, -0.05) is 29.4 Å². The third-order valence-electron chi connectivity index (χ3n) is 7.51. The fraction of sp³-hybridized carbons (Fsp3) is 0.444. The Kier molecular flexibility index (Phi) is 5.06. The number of piperidine rings is 1. The lowest BCUT2D eigenvalue weighted by Gasteiger charge is -2.46. The van der Waals surface area contributed by atoms with Gasteiger partial charge in [0.1, 0.15) is 11.5 Å². The summed E-state index contributed by atoms with van der Waals surface area (Å²) in [5.41, 5.74) is 3.58. The molecule has 1 aromatic carbocycles. The minimum atomic E-state index is -4.45. The minimum absolute atomic E-state index is 0.0591. The van der Waals surface area contributed by atoms with E-state index in [4.69, 9.17) is 4.52 Å². The van der Waals surface area contributed by atoms with Crippen LogP contribution >= 0.6 is 0 Å². The van der Waals surface area contributed by atoms with Crippen LogP contribution in [0.5, 0.6) is 0 Å². The first-order valence-electron chi connectivity index (χ1n) is 12.2. The highest BCUT2D eigenvalue weighted by molar-refractivity contribution is 5.85. The van der Waals surface area contributed by atoms with E-state index < -0.39 is 11.7 Å². The van der Waals surface area contributed by atoms with Gasteiger partial charge in [0.25, 0.3) is 0 Å². The number of anilines is 1. The number of aryl methyl sites for hydroxylation is 2. The number of nitrogens with zero attached hydrogens (tertiary/aromatic N) is 4. The van der Waals surface area contributed by atoms with Crippen molar-refractivity contribution in [1.82, 2.24) is 15.1 Å². The van der Waals surface area contributed by atoms with Crippen LogP contribution in [0.3, 0.4) is 0 Å². The molecule has 3 aliphatic rings. The number of alkyl halides is 3. The number of halogens is 3. The van der Waals surface area contributed by atoms with Crippen LogP contribution in [0.25, 0.3) is 16.8 Å². The van der Waals surface area contributed by atoms with Gasteiger partial charge in [-0.2, -0.15) is 13.2 Å². The van der Waals surface area contributed by atoms with Crippen molar-refractivity contribution in [2.75, 3.05) is 18.0 Å². The maximum atomic E-state index is 13.8. The zero-order valence-corrected chi connectivity index (χ0v) is 19.8. The third-order valence-corrected chi connectivity index (χ3v) is 7.51. The average molecular weight is 481 g/mol. The summed E-state index contributed by atoms with van der Waals surface area (Å²) in [7, 11) is 0. The van der Waals surface area contributed by atoms with E-state index in [1.165, 1.54) is 12.1 Å². The SMILES string of the molecule is Cc1cc(C)nc(N2CCC3(C=C(c4c(-c5ccccc5C(F)(F)F)noc4C4CC4)C3)CC2)n1. The number of benzene rings is 1. The molecule has 182 valence electrons. The van der Waals surface area contributed by atoms with E-state index in [-0.39, 0.29) is 16.9 Å². The summed E-state index contributed by atoms with van der Waals surface area (Å²) in [5.74, 6) is 1.78. The van der Waals surface area contributed by atoms with Crippen LogP contribution in [0, 0.1) is 19.3 Å². The molecule has 8 heteroatoms. The van der Waals surface area contributed by atoms with Crippen molar-refractivity contribution in [3.05, 3.63) is 64.7 Å². The van der Waals surface area contributed by atoms with Crippen LogP contribution in [-0.2, 0) is 6.18 Å². The highest BCUT2D eigenvalue weighted by Gasteiger charge is 2.45. The minimum Gasteiger partial charge on any atom is -0.360 e. The van der Waals surface area contributed by atoms with Gasteiger partial charge in [-0.05, 0) is 69.1 Å². The predicted octanol–water partition coefficient (Wildman–Crippen LogP) is 6.72. The highest BCUT2D eigenvalue weighted by Crippen LogP contribution is 2.56. The van der Waals surface area contributed by atoms with Gasteiger partial charge in [-0.3, -0.25) is 0 Å². The van der Waals surface area contributed by atoms with Gasteiger partial charge in [-0.25, -0.2) is 9.97 Å². The normalized spacial score (nSPS) is 19.6. The molecular weight excluding hydrogens is 453 g/mol. The molecule has 3 aromatic rings. The molecular formula is C27H27F3N4O. The third kappa shape index (κ3) is 4.02. The van der Waals surface area contributed by atoms with Crippen LogP contribution in [0.4, 0.5) is 19.1 Å². The molecule has 0 amide bonds. The number of hydrogen-bond donors (Lipinski definition) is 0. The Morgan fingerprint density at radius 1 is 1.03 bits per heavy atom. The van der Waals surface area contributed by atoms with E-state index in [0.717, 1.165) is 85.5 Å². The van der Waals surface area contributed by atoms with Crippen LogP contribution in [0.1, 0.15) is 66.3 Å². The fourth-order valence-electron chi connectivity index (χ4n) is 5.56. The molecule has 0 atom stereocenters. The summed E-state index contributed by atoms with van der Waals surface area (Å²) >= 11 is 0. The summed E-state index contributed by atoms with van der Waals surface area (Å²) in [6.45, 7) is 5.68. The summed E-state index contributed by atoms with van der Waals surface area (Å²) in [6.07, 6.45) is 2.56. The number of allylic oxidation sites excluding steroid dienone is 2. The maximum Gasteiger partial charge on any atom is 0.417 e. The number of aromatic nitrogens is 3. The average Bonchev–Trinajstić information content (AvgIpc) is 3.55. The molecule has 1 spiro atoms. The quantitative estimate of drug-likeness (QED) is 0.415. The largest absolute Gasteiger partial charge is 0.417 e. The second kappa shape index (κ2) is 7.93. The topological polar surface area (TPSA) is 55.1 Å². The number of hydrogen-bond acceptors (Lipinski definition) is 5. The van der Waals surface area contributed by atoms with E-state index >= 15 is 0 Å². The van der Waals surface area contributed by atoms with Crippen molar-refractivity contribution in [3.8, 4) is 11.3 Å². The Morgan fingerprint density at radius 3 is 2.31 bits per heavy atom.